The minimum atomic E-state index is -0.00146. The summed E-state index contributed by atoms with van der Waals surface area (Å²) < 4.78 is 50.3. The molecule has 49 heavy (non-hydrogen) atoms. The maximum Gasteiger partial charge on any atom is 0.146 e. The first-order chi connectivity index (χ1) is 23.2. The Bertz CT molecular complexity index is 820. The Hall–Kier alpha value is -1.44. The second-order valence-electron chi connectivity index (χ2n) is 13.9. The van der Waals surface area contributed by atoms with E-state index in [0.717, 1.165) is 72.7 Å². The molecule has 2 unspecified atom stereocenters. The summed E-state index contributed by atoms with van der Waals surface area (Å²) >= 11 is 0. The first-order valence-electron chi connectivity index (χ1n) is 17.6. The smallest absolute Gasteiger partial charge is 0.146 e. The molecule has 290 valence electrons. The highest BCUT2D eigenvalue weighted by molar-refractivity contribution is 4.99. The van der Waals surface area contributed by atoms with E-state index in [9.17, 15) is 0 Å². The Labute approximate surface area is 300 Å². The van der Waals surface area contributed by atoms with Gasteiger partial charge < -0.3 is 47.4 Å². The Kier molecular flexibility index (Phi) is 30.6. The molecule has 0 aromatic heterocycles. The molecule has 4 saturated heterocycles. The number of rotatable bonds is 14. The highest BCUT2D eigenvalue weighted by atomic mass is 16.7. The molecule has 0 radical (unpaired) electrons. The molecule has 0 N–H and O–H groups in total. The Morgan fingerprint density at radius 2 is 0.816 bits per heavy atom. The monoisotopic (exact) mass is 703 g/mol. The quantitative estimate of drug-likeness (QED) is 0.0835. The van der Waals surface area contributed by atoms with E-state index >= 15 is 0 Å². The fraction of sp³-hybridized carbons (Fsp3) is 0.795. The van der Waals surface area contributed by atoms with Crippen molar-refractivity contribution < 1.29 is 47.4 Å². The van der Waals surface area contributed by atoms with Crippen LogP contribution >= 0.6 is 0 Å². The average Bonchev–Trinajstić information content (AvgIpc) is 3.98. The number of epoxide rings is 2. The zero-order chi connectivity index (χ0) is 37.5. The molecule has 0 spiro atoms. The zero-order valence-electron chi connectivity index (χ0n) is 33.4. The Morgan fingerprint density at radius 1 is 0.551 bits per heavy atom. The molecule has 4 heterocycles. The van der Waals surface area contributed by atoms with E-state index in [-0.39, 0.29) is 16.6 Å². The lowest BCUT2D eigenvalue weighted by Gasteiger charge is -2.37. The molecule has 4 fully saturated rings. The number of hydrogen-bond donors (Lipinski definition) is 0. The minimum Gasteiger partial charge on any atom is -0.381 e. The predicted octanol–water partition coefficient (Wildman–Crippen LogP) is 7.60. The molecular formula is C39H74O10. The third-order valence-electron chi connectivity index (χ3n) is 6.27. The highest BCUT2D eigenvalue weighted by Crippen LogP contribution is 2.27. The van der Waals surface area contributed by atoms with Gasteiger partial charge in [-0.1, -0.05) is 76.1 Å². The maximum absolute atomic E-state index is 5.26. The van der Waals surface area contributed by atoms with Crippen molar-refractivity contribution in [2.75, 3.05) is 107 Å². The van der Waals surface area contributed by atoms with Crippen molar-refractivity contribution >= 4 is 0 Å². The van der Waals surface area contributed by atoms with Gasteiger partial charge in [-0.15, -0.1) is 6.58 Å². The lowest BCUT2D eigenvalue weighted by Crippen LogP contribution is -2.43. The number of benzene rings is 1. The normalized spacial score (nSPS) is 22.4. The SMILES string of the molecule is C=C(C)C.CCC.CCOCC1(C)CO1.CCOCC1(C)COC1.COCOCC1(C)CO1.COCOCC1(C)COC1.c1ccccc1. The molecule has 5 rings (SSSR count). The van der Waals surface area contributed by atoms with Gasteiger partial charge >= 0.3 is 0 Å². The van der Waals surface area contributed by atoms with Gasteiger partial charge in [0.2, 0.25) is 0 Å². The van der Waals surface area contributed by atoms with E-state index in [0.29, 0.717) is 25.6 Å². The van der Waals surface area contributed by atoms with Gasteiger partial charge in [-0.3, -0.25) is 0 Å². The third-order valence-corrected chi connectivity index (χ3v) is 6.27. The molecular weight excluding hydrogens is 628 g/mol. The summed E-state index contributed by atoms with van der Waals surface area (Å²) in [6.07, 6.45) is 1.25. The molecule has 1 aromatic rings. The topological polar surface area (TPSA) is 98.9 Å². The number of hydrogen-bond acceptors (Lipinski definition) is 10. The average molecular weight is 703 g/mol. The molecule has 4 aliphatic heterocycles. The van der Waals surface area contributed by atoms with Crippen LogP contribution in [0.25, 0.3) is 0 Å². The summed E-state index contributed by atoms with van der Waals surface area (Å²) in [4.78, 5) is 0. The molecule has 0 amide bonds. The van der Waals surface area contributed by atoms with Crippen molar-refractivity contribution in [1.29, 1.82) is 0 Å². The van der Waals surface area contributed by atoms with Crippen molar-refractivity contribution in [3.8, 4) is 0 Å². The molecule has 0 bridgehead atoms. The van der Waals surface area contributed by atoms with Crippen LogP contribution < -0.4 is 0 Å². The van der Waals surface area contributed by atoms with Crippen LogP contribution in [0.3, 0.4) is 0 Å². The van der Waals surface area contributed by atoms with Gasteiger partial charge in [0.15, 0.2) is 0 Å². The molecule has 0 aliphatic carbocycles. The van der Waals surface area contributed by atoms with Crippen LogP contribution in [0.5, 0.6) is 0 Å². The predicted molar refractivity (Wildman–Crippen MR) is 198 cm³/mol. The van der Waals surface area contributed by atoms with Gasteiger partial charge in [0.25, 0.3) is 0 Å². The van der Waals surface area contributed by atoms with Crippen molar-refractivity contribution in [2.45, 2.75) is 86.9 Å². The first kappa shape index (κ1) is 49.7. The second-order valence-corrected chi connectivity index (χ2v) is 13.9. The van der Waals surface area contributed by atoms with Gasteiger partial charge in [0.1, 0.15) is 24.8 Å². The minimum absolute atomic E-state index is 0.00146. The van der Waals surface area contributed by atoms with Gasteiger partial charge in [-0.2, -0.15) is 0 Å². The molecule has 10 nitrogen and oxygen atoms in total. The molecule has 0 saturated carbocycles. The maximum atomic E-state index is 5.26. The largest absolute Gasteiger partial charge is 0.381 e. The van der Waals surface area contributed by atoms with Crippen molar-refractivity contribution in [2.24, 2.45) is 10.8 Å². The van der Waals surface area contributed by atoms with Gasteiger partial charge in [0.05, 0.1) is 66.1 Å². The van der Waals surface area contributed by atoms with Crippen LogP contribution in [0, 0.1) is 10.8 Å². The van der Waals surface area contributed by atoms with E-state index in [4.69, 9.17) is 42.6 Å². The van der Waals surface area contributed by atoms with Crippen LogP contribution in [0.15, 0.2) is 48.6 Å². The Morgan fingerprint density at radius 3 is 1.06 bits per heavy atom. The van der Waals surface area contributed by atoms with E-state index in [1.54, 1.807) is 14.2 Å². The van der Waals surface area contributed by atoms with Crippen molar-refractivity contribution in [3.05, 3.63) is 48.6 Å². The van der Waals surface area contributed by atoms with Crippen molar-refractivity contribution in [1.82, 2.24) is 0 Å². The third kappa shape index (κ3) is 33.5. The lowest BCUT2D eigenvalue weighted by atomic mass is 9.90. The summed E-state index contributed by atoms with van der Waals surface area (Å²) in [5.74, 6) is 0. The lowest BCUT2D eigenvalue weighted by molar-refractivity contribution is -0.158. The highest BCUT2D eigenvalue weighted by Gasteiger charge is 2.40. The summed E-state index contributed by atoms with van der Waals surface area (Å²) in [6.45, 7) is 34.5. The van der Waals surface area contributed by atoms with Crippen LogP contribution in [-0.4, -0.2) is 118 Å². The fourth-order valence-corrected chi connectivity index (χ4v) is 3.24. The van der Waals surface area contributed by atoms with E-state index in [1.807, 2.05) is 71.0 Å². The second kappa shape index (κ2) is 30.2. The fourth-order valence-electron chi connectivity index (χ4n) is 3.24. The summed E-state index contributed by atoms with van der Waals surface area (Å²) in [5, 5.41) is 0. The van der Waals surface area contributed by atoms with Crippen LogP contribution in [0.2, 0.25) is 0 Å². The summed E-state index contributed by atoms with van der Waals surface area (Å²) in [5.41, 5.74) is 1.82. The molecule has 1 aromatic carbocycles. The van der Waals surface area contributed by atoms with E-state index in [1.165, 1.54) is 12.0 Å². The van der Waals surface area contributed by atoms with Gasteiger partial charge in [-0.05, 0) is 41.5 Å². The van der Waals surface area contributed by atoms with Crippen LogP contribution in [0.4, 0.5) is 0 Å². The van der Waals surface area contributed by atoms with E-state index < -0.39 is 0 Å². The Balaban J connectivity index is 0. The van der Waals surface area contributed by atoms with Crippen LogP contribution in [0.1, 0.15) is 75.7 Å². The number of allylic oxidation sites excluding steroid dienone is 1. The standard InChI is InChI=1S/C7H14O3.C7H14O2.C6H12O3.C6H12O2.C6H6.C4H8.C3H8/c1-7(3-9-4-7)5-10-6-8-2;1-3-8-4-7(2)5-9-6-7;1-6(4-9-6)3-8-5-7-2;1-3-7-4-6(2)5-8-6;1-2-4-6-5-3-1;1-4(2)3;1-3-2/h3-6H2,1-2H3;3-6H2,1-2H3;3-5H2,1-2H3;3-5H2,1-2H3;1-6H;1H2,2-3H3;3H2,1-2H3. The van der Waals surface area contributed by atoms with E-state index in [2.05, 4.69) is 45.9 Å². The zero-order valence-corrected chi connectivity index (χ0v) is 33.4. The summed E-state index contributed by atoms with van der Waals surface area (Å²) in [7, 11) is 3.23. The van der Waals surface area contributed by atoms with Crippen LogP contribution in [-0.2, 0) is 47.4 Å². The molecule has 2 atom stereocenters. The number of ether oxygens (including phenoxy) is 10. The molecule has 4 aliphatic rings. The van der Waals surface area contributed by atoms with Gasteiger partial charge in [-0.25, -0.2) is 0 Å². The first-order valence-corrected chi connectivity index (χ1v) is 17.6. The van der Waals surface area contributed by atoms with Crippen molar-refractivity contribution in [3.63, 3.8) is 0 Å². The molecule has 10 heteroatoms. The number of methoxy groups -OCH3 is 2. The van der Waals surface area contributed by atoms with Gasteiger partial charge in [0, 0.05) is 38.3 Å². The summed E-state index contributed by atoms with van der Waals surface area (Å²) in [6, 6.07) is 12.0.